The van der Waals surface area contributed by atoms with Gasteiger partial charge in [0.15, 0.2) is 0 Å². The molecule has 6 N–H and O–H groups in total. The molecule has 0 spiro atoms. The van der Waals surface area contributed by atoms with Gasteiger partial charge in [-0.1, -0.05) is 0 Å². The van der Waals surface area contributed by atoms with E-state index in [1.165, 1.54) is 24.4 Å². The molecular weight excluding hydrogens is 248 g/mol. The van der Waals surface area contributed by atoms with Crippen molar-refractivity contribution in [1.29, 1.82) is 0 Å². The van der Waals surface area contributed by atoms with Gasteiger partial charge in [-0.3, -0.25) is 0 Å². The molecular formula is C9H11ClN4O3. The summed E-state index contributed by atoms with van der Waals surface area (Å²) in [6, 6.07) is 3.98. The zero-order chi connectivity index (χ0) is 12.1. The van der Waals surface area contributed by atoms with Crippen LogP contribution in [0.5, 0.6) is 5.75 Å². The van der Waals surface area contributed by atoms with E-state index in [1.54, 1.807) is 0 Å². The van der Waals surface area contributed by atoms with Crippen molar-refractivity contribution >= 4 is 30.6 Å². The number of carboxylic acids is 1. The van der Waals surface area contributed by atoms with Crippen LogP contribution in [0.3, 0.4) is 0 Å². The van der Waals surface area contributed by atoms with E-state index in [4.69, 9.17) is 16.6 Å². The fourth-order valence-electron chi connectivity index (χ4n) is 0.967. The summed E-state index contributed by atoms with van der Waals surface area (Å²) in [6.45, 7) is 0. The van der Waals surface area contributed by atoms with Crippen molar-refractivity contribution < 1.29 is 15.0 Å². The van der Waals surface area contributed by atoms with Crippen molar-refractivity contribution in [3.63, 3.8) is 0 Å². The lowest BCUT2D eigenvalue weighted by Gasteiger charge is -1.99. The summed E-state index contributed by atoms with van der Waals surface area (Å²) in [5.41, 5.74) is 10.3. The zero-order valence-corrected chi connectivity index (χ0v) is 9.39. The largest absolute Gasteiger partial charge is 0.507 e. The Labute approximate surface area is 103 Å². The lowest BCUT2D eigenvalue weighted by atomic mass is 10.1. The monoisotopic (exact) mass is 258 g/mol. The Hall–Kier alpha value is -2.28. The number of phenols is 1. The summed E-state index contributed by atoms with van der Waals surface area (Å²) in [6.07, 6.45) is 1.27. The molecule has 1 aromatic rings. The standard InChI is InChI=1S/C9H10N4O3.ClH/c10-9(11)13-12-4-5-1-2-7(14)6(3-5)8(15)16;/h1-4,14H,(H,15,16)(H4,10,11,13);1H/b12-4+;. The SMILES string of the molecule is Cl.NC(N)=N/N=C/c1ccc(O)c(C(=O)O)c1. The number of hydrogen-bond donors (Lipinski definition) is 4. The van der Waals surface area contributed by atoms with E-state index in [0.717, 1.165) is 0 Å². The maximum absolute atomic E-state index is 10.7. The fourth-order valence-corrected chi connectivity index (χ4v) is 0.967. The maximum atomic E-state index is 10.7. The van der Waals surface area contributed by atoms with Gasteiger partial charge in [0, 0.05) is 0 Å². The molecule has 8 heteroatoms. The molecule has 0 aliphatic rings. The Bertz CT molecular complexity index is 469. The van der Waals surface area contributed by atoms with Gasteiger partial charge in [0.2, 0.25) is 5.96 Å². The van der Waals surface area contributed by atoms with Gasteiger partial charge in [-0.15, -0.1) is 17.5 Å². The third kappa shape index (κ3) is 4.39. The molecule has 0 radical (unpaired) electrons. The van der Waals surface area contributed by atoms with Crippen LogP contribution < -0.4 is 11.5 Å². The molecule has 0 bridgehead atoms. The molecule has 1 rings (SSSR count). The van der Waals surface area contributed by atoms with Crippen molar-refractivity contribution in [2.75, 3.05) is 0 Å². The highest BCUT2D eigenvalue weighted by molar-refractivity contribution is 5.93. The number of aromatic hydroxyl groups is 1. The second-order valence-corrected chi connectivity index (χ2v) is 2.85. The predicted molar refractivity (Wildman–Crippen MR) is 65.7 cm³/mol. The number of hydrogen-bond acceptors (Lipinski definition) is 4. The molecule has 1 aromatic carbocycles. The number of carbonyl (C=O) groups is 1. The number of aromatic carboxylic acids is 1. The van der Waals surface area contributed by atoms with E-state index in [9.17, 15) is 9.90 Å². The summed E-state index contributed by atoms with van der Waals surface area (Å²) in [5.74, 6) is -1.74. The number of nitrogens with zero attached hydrogens (tertiary/aromatic N) is 2. The Morgan fingerprint density at radius 3 is 2.53 bits per heavy atom. The lowest BCUT2D eigenvalue weighted by molar-refractivity contribution is 0.0693. The number of guanidine groups is 1. The van der Waals surface area contributed by atoms with Gasteiger partial charge < -0.3 is 21.7 Å². The van der Waals surface area contributed by atoms with Gasteiger partial charge in [-0.05, 0) is 23.8 Å². The van der Waals surface area contributed by atoms with Gasteiger partial charge in [-0.25, -0.2) is 4.79 Å². The van der Waals surface area contributed by atoms with Gasteiger partial charge >= 0.3 is 5.97 Å². The summed E-state index contributed by atoms with van der Waals surface area (Å²) in [7, 11) is 0. The van der Waals surface area contributed by atoms with Crippen LogP contribution in [-0.4, -0.2) is 28.4 Å². The third-order valence-corrected chi connectivity index (χ3v) is 1.63. The Morgan fingerprint density at radius 2 is 2.00 bits per heavy atom. The minimum Gasteiger partial charge on any atom is -0.507 e. The first-order valence-corrected chi connectivity index (χ1v) is 4.19. The predicted octanol–water partition coefficient (Wildman–Crippen LogP) is 0.119. The molecule has 0 fully saturated rings. The second-order valence-electron chi connectivity index (χ2n) is 2.85. The van der Waals surface area contributed by atoms with Crippen LogP contribution in [0.15, 0.2) is 28.4 Å². The Balaban J connectivity index is 0.00000256. The van der Waals surface area contributed by atoms with E-state index in [2.05, 4.69) is 10.2 Å². The lowest BCUT2D eigenvalue weighted by Crippen LogP contribution is -2.21. The molecule has 0 atom stereocenters. The molecule has 0 heterocycles. The summed E-state index contributed by atoms with van der Waals surface area (Å²) < 4.78 is 0. The molecule has 0 unspecified atom stereocenters. The second kappa shape index (κ2) is 6.33. The normalized spacial score (nSPS) is 9.65. The van der Waals surface area contributed by atoms with Crippen molar-refractivity contribution in [2.24, 2.45) is 21.7 Å². The topological polar surface area (TPSA) is 134 Å². The highest BCUT2D eigenvalue weighted by atomic mass is 35.5. The summed E-state index contributed by atoms with van der Waals surface area (Å²) in [4.78, 5) is 10.7. The van der Waals surface area contributed by atoms with E-state index in [0.29, 0.717) is 5.56 Å². The molecule has 92 valence electrons. The highest BCUT2D eigenvalue weighted by Gasteiger charge is 2.08. The third-order valence-electron chi connectivity index (χ3n) is 1.63. The Kier molecular flexibility index (Phi) is 5.48. The first-order valence-electron chi connectivity index (χ1n) is 4.19. The van der Waals surface area contributed by atoms with Crippen LogP contribution in [-0.2, 0) is 0 Å². The molecule has 0 aromatic heterocycles. The molecule has 0 aliphatic carbocycles. The number of rotatable bonds is 3. The number of halogens is 1. The van der Waals surface area contributed by atoms with E-state index in [-0.39, 0.29) is 29.7 Å². The first kappa shape index (κ1) is 14.7. The average Bonchev–Trinajstić information content (AvgIpc) is 2.19. The minimum atomic E-state index is -1.23. The zero-order valence-electron chi connectivity index (χ0n) is 8.57. The minimum absolute atomic E-state index is 0. The molecule has 0 saturated heterocycles. The van der Waals surface area contributed by atoms with Crippen LogP contribution in [0.4, 0.5) is 0 Å². The summed E-state index contributed by atoms with van der Waals surface area (Å²) in [5, 5.41) is 24.8. The quantitative estimate of drug-likeness (QED) is 0.347. The molecule has 17 heavy (non-hydrogen) atoms. The molecule has 0 aliphatic heterocycles. The smallest absolute Gasteiger partial charge is 0.339 e. The number of carboxylic acid groups (broad SMARTS) is 1. The van der Waals surface area contributed by atoms with Gasteiger partial charge in [0.25, 0.3) is 0 Å². The average molecular weight is 259 g/mol. The summed E-state index contributed by atoms with van der Waals surface area (Å²) >= 11 is 0. The molecule has 0 saturated carbocycles. The van der Waals surface area contributed by atoms with E-state index >= 15 is 0 Å². The maximum Gasteiger partial charge on any atom is 0.339 e. The Morgan fingerprint density at radius 1 is 1.35 bits per heavy atom. The molecule has 7 nitrogen and oxygen atoms in total. The van der Waals surface area contributed by atoms with Crippen molar-refractivity contribution in [2.45, 2.75) is 0 Å². The van der Waals surface area contributed by atoms with Gasteiger partial charge in [0.1, 0.15) is 11.3 Å². The fraction of sp³-hybridized carbons (Fsp3) is 0. The van der Waals surface area contributed by atoms with E-state index in [1.807, 2.05) is 0 Å². The van der Waals surface area contributed by atoms with Crippen LogP contribution in [0, 0.1) is 0 Å². The van der Waals surface area contributed by atoms with Gasteiger partial charge in [-0.2, -0.15) is 5.10 Å². The van der Waals surface area contributed by atoms with E-state index < -0.39 is 5.97 Å². The van der Waals surface area contributed by atoms with Crippen LogP contribution in [0.2, 0.25) is 0 Å². The van der Waals surface area contributed by atoms with Crippen molar-refractivity contribution in [3.8, 4) is 5.75 Å². The van der Waals surface area contributed by atoms with Crippen LogP contribution in [0.25, 0.3) is 0 Å². The number of benzene rings is 1. The first-order chi connectivity index (χ1) is 7.50. The molecule has 0 amide bonds. The van der Waals surface area contributed by atoms with Crippen LogP contribution >= 0.6 is 12.4 Å². The van der Waals surface area contributed by atoms with Gasteiger partial charge in [0.05, 0.1) is 6.21 Å². The van der Waals surface area contributed by atoms with Crippen molar-refractivity contribution in [3.05, 3.63) is 29.3 Å². The van der Waals surface area contributed by atoms with Crippen molar-refractivity contribution in [1.82, 2.24) is 0 Å². The number of nitrogens with two attached hydrogens (primary N) is 2. The highest BCUT2D eigenvalue weighted by Crippen LogP contribution is 2.17. The van der Waals surface area contributed by atoms with Crippen LogP contribution in [0.1, 0.15) is 15.9 Å².